The van der Waals surface area contributed by atoms with Gasteiger partial charge in [0.05, 0.1) is 5.56 Å². The number of nitrogens with one attached hydrogen (secondary N) is 1. The number of hydrogen-bond acceptors (Lipinski definition) is 1. The van der Waals surface area contributed by atoms with Crippen LogP contribution in [0.5, 0.6) is 0 Å². The van der Waals surface area contributed by atoms with E-state index in [1.165, 1.54) is 12.1 Å². The van der Waals surface area contributed by atoms with E-state index in [4.69, 9.17) is 0 Å². The first-order valence-electron chi connectivity index (χ1n) is 5.50. The Hall–Kier alpha value is -1.75. The van der Waals surface area contributed by atoms with E-state index in [9.17, 15) is 13.6 Å². The maximum atomic E-state index is 13.5. The zero-order valence-corrected chi connectivity index (χ0v) is 11.6. The van der Waals surface area contributed by atoms with E-state index in [2.05, 4.69) is 21.2 Å². The third-order valence-electron chi connectivity index (χ3n) is 2.64. The van der Waals surface area contributed by atoms with Gasteiger partial charge in [0, 0.05) is 10.2 Å². The third-order valence-corrected chi connectivity index (χ3v) is 3.14. The van der Waals surface area contributed by atoms with Gasteiger partial charge in [0.1, 0.15) is 0 Å². The first-order valence-corrected chi connectivity index (χ1v) is 6.30. The van der Waals surface area contributed by atoms with E-state index in [0.29, 0.717) is 5.69 Å². The Morgan fingerprint density at radius 1 is 1.21 bits per heavy atom. The Bertz CT molecular complexity index is 643. The summed E-state index contributed by atoms with van der Waals surface area (Å²) in [6.07, 6.45) is 0. The van der Waals surface area contributed by atoms with Crippen molar-refractivity contribution < 1.29 is 13.6 Å². The second-order valence-electron chi connectivity index (χ2n) is 4.01. The van der Waals surface area contributed by atoms with Crippen molar-refractivity contribution in [2.75, 3.05) is 5.32 Å². The summed E-state index contributed by atoms with van der Waals surface area (Å²) in [6.45, 7) is 1.81. The number of halogens is 3. The molecule has 2 nitrogen and oxygen atoms in total. The Kier molecular flexibility index (Phi) is 3.95. The summed E-state index contributed by atoms with van der Waals surface area (Å²) in [4.78, 5) is 11.9. The first-order chi connectivity index (χ1) is 8.99. The summed E-state index contributed by atoms with van der Waals surface area (Å²) >= 11 is 3.28. The quantitative estimate of drug-likeness (QED) is 0.876. The molecule has 0 aliphatic carbocycles. The van der Waals surface area contributed by atoms with Gasteiger partial charge >= 0.3 is 0 Å². The second-order valence-corrected chi connectivity index (χ2v) is 4.93. The molecule has 0 unspecified atom stereocenters. The third kappa shape index (κ3) is 2.98. The molecule has 0 aromatic heterocycles. The minimum atomic E-state index is -1.15. The molecule has 1 amide bonds. The molecule has 0 atom stereocenters. The van der Waals surface area contributed by atoms with E-state index in [0.717, 1.165) is 16.1 Å². The van der Waals surface area contributed by atoms with Crippen LogP contribution in [0.2, 0.25) is 0 Å². The summed E-state index contributed by atoms with van der Waals surface area (Å²) in [6, 6.07) is 8.83. The molecule has 0 saturated carbocycles. The number of benzene rings is 2. The van der Waals surface area contributed by atoms with Gasteiger partial charge in [-0.3, -0.25) is 4.79 Å². The molecule has 2 rings (SSSR count). The Labute approximate surface area is 117 Å². The minimum absolute atomic E-state index is 0.320. The van der Waals surface area contributed by atoms with Crippen molar-refractivity contribution in [3.05, 3.63) is 63.6 Å². The molecule has 19 heavy (non-hydrogen) atoms. The molecular formula is C14H10BrF2NO. The van der Waals surface area contributed by atoms with E-state index in [1.54, 1.807) is 6.07 Å². The van der Waals surface area contributed by atoms with Crippen molar-refractivity contribution in [1.29, 1.82) is 0 Å². The lowest BCUT2D eigenvalue weighted by Gasteiger charge is -2.09. The lowest BCUT2D eigenvalue weighted by atomic mass is 10.1. The van der Waals surface area contributed by atoms with E-state index in [-0.39, 0.29) is 5.56 Å². The monoisotopic (exact) mass is 325 g/mol. The highest BCUT2D eigenvalue weighted by molar-refractivity contribution is 9.10. The number of hydrogen-bond donors (Lipinski definition) is 1. The average Bonchev–Trinajstić information content (AvgIpc) is 2.37. The van der Waals surface area contributed by atoms with Crippen LogP contribution < -0.4 is 5.32 Å². The SMILES string of the molecule is Cc1ccc(Br)cc1NC(=O)c1cccc(F)c1F. The van der Waals surface area contributed by atoms with Gasteiger partial charge in [-0.15, -0.1) is 0 Å². The van der Waals surface area contributed by atoms with E-state index in [1.807, 2.05) is 19.1 Å². The predicted molar refractivity (Wildman–Crippen MR) is 73.2 cm³/mol. The van der Waals surface area contributed by atoms with Crippen LogP contribution >= 0.6 is 15.9 Å². The van der Waals surface area contributed by atoms with Gasteiger partial charge in [0.2, 0.25) is 0 Å². The molecule has 0 radical (unpaired) electrons. The smallest absolute Gasteiger partial charge is 0.258 e. The fourth-order valence-electron chi connectivity index (χ4n) is 1.60. The van der Waals surface area contributed by atoms with Crippen LogP contribution in [0.3, 0.4) is 0 Å². The standard InChI is InChI=1S/C14H10BrF2NO/c1-8-5-6-9(15)7-12(8)18-14(19)10-3-2-4-11(16)13(10)17/h2-7H,1H3,(H,18,19). The highest BCUT2D eigenvalue weighted by atomic mass is 79.9. The number of amides is 1. The van der Waals surface area contributed by atoms with E-state index >= 15 is 0 Å². The molecule has 5 heteroatoms. The highest BCUT2D eigenvalue weighted by Gasteiger charge is 2.15. The summed E-state index contributed by atoms with van der Waals surface area (Å²) in [5.41, 5.74) is 1.05. The molecule has 0 bridgehead atoms. The van der Waals surface area contributed by atoms with Crippen molar-refractivity contribution >= 4 is 27.5 Å². The van der Waals surface area contributed by atoms with Crippen molar-refractivity contribution in [1.82, 2.24) is 0 Å². The fraction of sp³-hybridized carbons (Fsp3) is 0.0714. The van der Waals surface area contributed by atoms with Gasteiger partial charge in [-0.25, -0.2) is 8.78 Å². The van der Waals surface area contributed by atoms with Crippen LogP contribution in [0.25, 0.3) is 0 Å². The van der Waals surface area contributed by atoms with Gasteiger partial charge in [-0.05, 0) is 36.8 Å². The number of anilines is 1. The van der Waals surface area contributed by atoms with Crippen LogP contribution in [0.1, 0.15) is 15.9 Å². The lowest BCUT2D eigenvalue weighted by Crippen LogP contribution is -2.15. The molecule has 98 valence electrons. The van der Waals surface area contributed by atoms with Crippen molar-refractivity contribution in [3.8, 4) is 0 Å². The number of carbonyl (C=O) groups excluding carboxylic acids is 1. The first kappa shape index (κ1) is 13.7. The molecule has 2 aromatic rings. The largest absolute Gasteiger partial charge is 0.322 e. The average molecular weight is 326 g/mol. The van der Waals surface area contributed by atoms with Crippen LogP contribution in [0.15, 0.2) is 40.9 Å². The van der Waals surface area contributed by atoms with Gasteiger partial charge in [0.25, 0.3) is 5.91 Å². The van der Waals surface area contributed by atoms with Gasteiger partial charge < -0.3 is 5.32 Å². The topological polar surface area (TPSA) is 29.1 Å². The zero-order chi connectivity index (χ0) is 14.0. The predicted octanol–water partition coefficient (Wildman–Crippen LogP) is 4.29. The summed E-state index contributed by atoms with van der Waals surface area (Å²) in [5, 5.41) is 2.56. The maximum absolute atomic E-state index is 13.5. The van der Waals surface area contributed by atoms with Gasteiger partial charge in [-0.2, -0.15) is 0 Å². The summed E-state index contributed by atoms with van der Waals surface area (Å²) in [5.74, 6) is -2.87. The molecule has 0 aliphatic heterocycles. The molecule has 1 N–H and O–H groups in total. The summed E-state index contributed by atoms with van der Waals surface area (Å²) < 4.78 is 27.3. The Morgan fingerprint density at radius 2 is 1.95 bits per heavy atom. The van der Waals surface area contributed by atoms with Crippen molar-refractivity contribution in [2.24, 2.45) is 0 Å². The summed E-state index contributed by atoms with van der Waals surface area (Å²) in [7, 11) is 0. The molecule has 2 aromatic carbocycles. The molecule has 0 saturated heterocycles. The highest BCUT2D eigenvalue weighted by Crippen LogP contribution is 2.22. The van der Waals surface area contributed by atoms with Crippen molar-refractivity contribution in [3.63, 3.8) is 0 Å². The van der Waals surface area contributed by atoms with Gasteiger partial charge in [-0.1, -0.05) is 28.1 Å². The molecule has 0 heterocycles. The zero-order valence-electron chi connectivity index (χ0n) is 10.0. The lowest BCUT2D eigenvalue weighted by molar-refractivity contribution is 0.102. The molecule has 0 fully saturated rings. The molecule has 0 aliphatic rings. The Balaban J connectivity index is 2.31. The minimum Gasteiger partial charge on any atom is -0.322 e. The van der Waals surface area contributed by atoms with Crippen LogP contribution in [0, 0.1) is 18.6 Å². The van der Waals surface area contributed by atoms with Crippen LogP contribution in [0.4, 0.5) is 14.5 Å². The molecule has 0 spiro atoms. The fourth-order valence-corrected chi connectivity index (χ4v) is 1.96. The van der Waals surface area contributed by atoms with Crippen molar-refractivity contribution in [2.45, 2.75) is 6.92 Å². The number of carbonyl (C=O) groups is 1. The van der Waals surface area contributed by atoms with Crippen LogP contribution in [-0.4, -0.2) is 5.91 Å². The van der Waals surface area contributed by atoms with E-state index < -0.39 is 17.5 Å². The Morgan fingerprint density at radius 3 is 2.68 bits per heavy atom. The number of aryl methyl sites for hydroxylation is 1. The van der Waals surface area contributed by atoms with Crippen LogP contribution in [-0.2, 0) is 0 Å². The number of rotatable bonds is 2. The second kappa shape index (κ2) is 5.48. The van der Waals surface area contributed by atoms with Gasteiger partial charge in [0.15, 0.2) is 11.6 Å². The normalized spacial score (nSPS) is 10.3. The maximum Gasteiger partial charge on any atom is 0.258 e. The molecular weight excluding hydrogens is 316 g/mol.